The molecule has 0 aromatic heterocycles. The van der Waals surface area contributed by atoms with Gasteiger partial charge in [0, 0.05) is 7.11 Å². The molecule has 1 N–H and O–H groups in total. The topological polar surface area (TPSA) is 21.3 Å². The third-order valence-electron chi connectivity index (χ3n) is 1.06. The van der Waals surface area contributed by atoms with Crippen LogP contribution in [0, 0.1) is 0 Å². The Morgan fingerprint density at radius 3 is 2.25 bits per heavy atom. The van der Waals surface area contributed by atoms with Gasteiger partial charge >= 0.3 is 0 Å². The monoisotopic (exact) mass is 121 g/mol. The van der Waals surface area contributed by atoms with Crippen molar-refractivity contribution in [2.24, 2.45) is 0 Å². The second-order valence-corrected chi connectivity index (χ2v) is 1.63. The molecule has 0 rings (SSSR count). The van der Waals surface area contributed by atoms with Crippen LogP contribution in [0.25, 0.3) is 0 Å². The largest absolute Gasteiger partial charge is 0.377 e. The van der Waals surface area contributed by atoms with Crippen molar-refractivity contribution >= 4 is 0 Å². The normalized spacial score (nSPS) is 18.0. The standard InChI is InChI=1S/C5H12FNO/c1-4(8-3)5(6)7-2/h4-5,7H,1-3H3/t4?,5-/m0/s1. The van der Waals surface area contributed by atoms with Crippen molar-refractivity contribution in [1.82, 2.24) is 5.32 Å². The fourth-order valence-electron chi connectivity index (χ4n) is 0.354. The Labute approximate surface area is 49.0 Å². The van der Waals surface area contributed by atoms with Crippen LogP contribution in [0.15, 0.2) is 0 Å². The first kappa shape index (κ1) is 7.85. The predicted molar refractivity (Wildman–Crippen MR) is 30.4 cm³/mol. The minimum atomic E-state index is -1.06. The lowest BCUT2D eigenvalue weighted by molar-refractivity contribution is 0.0340. The van der Waals surface area contributed by atoms with Crippen LogP contribution >= 0.6 is 0 Å². The number of likely N-dealkylation sites (N-methyl/N-ethyl adjacent to an activating group) is 1. The van der Waals surface area contributed by atoms with Crippen molar-refractivity contribution in [1.29, 1.82) is 0 Å². The van der Waals surface area contributed by atoms with Gasteiger partial charge in [0.15, 0.2) is 6.30 Å². The number of methoxy groups -OCH3 is 1. The molecule has 3 heteroatoms. The second kappa shape index (κ2) is 3.80. The highest BCUT2D eigenvalue weighted by atomic mass is 19.1. The summed E-state index contributed by atoms with van der Waals surface area (Å²) in [6.07, 6.45) is -1.42. The quantitative estimate of drug-likeness (QED) is 0.550. The maximum atomic E-state index is 12.3. The molecule has 0 aliphatic carbocycles. The van der Waals surface area contributed by atoms with Crippen LogP contribution in [0.4, 0.5) is 4.39 Å². The van der Waals surface area contributed by atoms with Crippen molar-refractivity contribution in [2.45, 2.75) is 19.3 Å². The lowest BCUT2D eigenvalue weighted by Gasteiger charge is -2.12. The van der Waals surface area contributed by atoms with Crippen molar-refractivity contribution in [2.75, 3.05) is 14.2 Å². The molecule has 0 radical (unpaired) electrons. The van der Waals surface area contributed by atoms with E-state index in [9.17, 15) is 4.39 Å². The van der Waals surface area contributed by atoms with E-state index >= 15 is 0 Å². The molecule has 0 aromatic rings. The molecule has 0 spiro atoms. The van der Waals surface area contributed by atoms with E-state index in [2.05, 4.69) is 10.1 Å². The fourth-order valence-corrected chi connectivity index (χ4v) is 0.354. The molecule has 8 heavy (non-hydrogen) atoms. The molecule has 2 nitrogen and oxygen atoms in total. The maximum Gasteiger partial charge on any atom is 0.177 e. The summed E-state index contributed by atoms with van der Waals surface area (Å²) >= 11 is 0. The number of rotatable bonds is 3. The van der Waals surface area contributed by atoms with E-state index in [4.69, 9.17) is 0 Å². The van der Waals surface area contributed by atoms with Crippen LogP contribution in [-0.4, -0.2) is 26.6 Å². The summed E-state index contributed by atoms with van der Waals surface area (Å²) in [7, 11) is 3.04. The number of hydrogen-bond donors (Lipinski definition) is 1. The highest BCUT2D eigenvalue weighted by Gasteiger charge is 2.10. The first-order valence-corrected chi connectivity index (χ1v) is 2.56. The molecule has 50 valence electrons. The Hall–Kier alpha value is -0.150. The number of hydrogen-bond acceptors (Lipinski definition) is 2. The molecular formula is C5H12FNO. The van der Waals surface area contributed by atoms with Gasteiger partial charge in [-0.2, -0.15) is 0 Å². The minimum absolute atomic E-state index is 0.361. The summed E-state index contributed by atoms with van der Waals surface area (Å²) in [5.41, 5.74) is 0. The summed E-state index contributed by atoms with van der Waals surface area (Å²) in [5, 5.41) is 2.42. The Morgan fingerprint density at radius 2 is 2.12 bits per heavy atom. The van der Waals surface area contributed by atoms with Crippen LogP contribution in [0.1, 0.15) is 6.92 Å². The molecule has 2 atom stereocenters. The average molecular weight is 121 g/mol. The number of nitrogens with one attached hydrogen (secondary N) is 1. The number of ether oxygens (including phenoxy) is 1. The van der Waals surface area contributed by atoms with Gasteiger partial charge in [-0.1, -0.05) is 0 Å². The van der Waals surface area contributed by atoms with Crippen LogP contribution < -0.4 is 5.32 Å². The summed E-state index contributed by atoms with van der Waals surface area (Å²) in [5.74, 6) is 0. The van der Waals surface area contributed by atoms with Gasteiger partial charge in [0.2, 0.25) is 0 Å². The Balaban J connectivity index is 3.29. The minimum Gasteiger partial charge on any atom is -0.377 e. The third kappa shape index (κ3) is 2.23. The number of halogens is 1. The lowest BCUT2D eigenvalue weighted by Crippen LogP contribution is -2.32. The van der Waals surface area contributed by atoms with Crippen molar-refractivity contribution in [3.05, 3.63) is 0 Å². The van der Waals surface area contributed by atoms with Crippen LogP contribution in [-0.2, 0) is 4.74 Å². The summed E-state index contributed by atoms with van der Waals surface area (Å²) in [4.78, 5) is 0. The Bertz CT molecular complexity index is 52.4. The molecule has 0 amide bonds. The highest BCUT2D eigenvalue weighted by molar-refractivity contribution is 4.56. The molecule has 0 fully saturated rings. The van der Waals surface area contributed by atoms with E-state index in [1.807, 2.05) is 0 Å². The van der Waals surface area contributed by atoms with E-state index in [0.717, 1.165) is 0 Å². The van der Waals surface area contributed by atoms with Gasteiger partial charge in [-0.15, -0.1) is 0 Å². The van der Waals surface area contributed by atoms with Crippen LogP contribution in [0.5, 0.6) is 0 Å². The molecule has 0 aliphatic rings. The van der Waals surface area contributed by atoms with Crippen molar-refractivity contribution in [3.8, 4) is 0 Å². The van der Waals surface area contributed by atoms with Gasteiger partial charge in [-0.05, 0) is 14.0 Å². The smallest absolute Gasteiger partial charge is 0.177 e. The zero-order valence-corrected chi connectivity index (χ0v) is 5.44. The SMILES string of the molecule is CN[C@H](F)C(C)OC. The summed E-state index contributed by atoms with van der Waals surface area (Å²) in [6.45, 7) is 1.67. The molecule has 0 aliphatic heterocycles. The van der Waals surface area contributed by atoms with Crippen molar-refractivity contribution < 1.29 is 9.13 Å². The third-order valence-corrected chi connectivity index (χ3v) is 1.06. The van der Waals surface area contributed by atoms with Gasteiger partial charge < -0.3 is 4.74 Å². The lowest BCUT2D eigenvalue weighted by atomic mass is 10.4. The van der Waals surface area contributed by atoms with Gasteiger partial charge in [0.1, 0.15) is 0 Å². The van der Waals surface area contributed by atoms with E-state index < -0.39 is 6.30 Å². The fraction of sp³-hybridized carbons (Fsp3) is 1.00. The maximum absolute atomic E-state index is 12.3. The Kier molecular flexibility index (Phi) is 3.73. The van der Waals surface area contributed by atoms with E-state index in [0.29, 0.717) is 0 Å². The van der Waals surface area contributed by atoms with Crippen molar-refractivity contribution in [3.63, 3.8) is 0 Å². The average Bonchev–Trinajstić information content (AvgIpc) is 1.84. The van der Waals surface area contributed by atoms with Gasteiger partial charge in [0.25, 0.3) is 0 Å². The zero-order valence-electron chi connectivity index (χ0n) is 5.44. The summed E-state index contributed by atoms with van der Waals surface area (Å²) < 4.78 is 17.0. The molecule has 0 heterocycles. The molecular weight excluding hydrogens is 109 g/mol. The van der Waals surface area contributed by atoms with Crippen LogP contribution in [0.3, 0.4) is 0 Å². The molecule has 0 saturated heterocycles. The molecule has 0 aromatic carbocycles. The molecule has 1 unspecified atom stereocenters. The van der Waals surface area contributed by atoms with Gasteiger partial charge in [-0.25, -0.2) is 4.39 Å². The van der Waals surface area contributed by atoms with Gasteiger partial charge in [0.05, 0.1) is 6.10 Å². The Morgan fingerprint density at radius 1 is 1.62 bits per heavy atom. The zero-order chi connectivity index (χ0) is 6.57. The highest BCUT2D eigenvalue weighted by Crippen LogP contribution is 1.95. The van der Waals surface area contributed by atoms with Gasteiger partial charge in [-0.3, -0.25) is 5.32 Å². The van der Waals surface area contributed by atoms with E-state index in [1.165, 1.54) is 7.11 Å². The first-order chi connectivity index (χ1) is 3.72. The van der Waals surface area contributed by atoms with Crippen LogP contribution in [0.2, 0.25) is 0 Å². The molecule has 0 saturated carbocycles. The van der Waals surface area contributed by atoms with E-state index in [1.54, 1.807) is 14.0 Å². The predicted octanol–water partition coefficient (Wildman–Crippen LogP) is 0.536. The molecule has 0 bridgehead atoms. The van der Waals surface area contributed by atoms with E-state index in [-0.39, 0.29) is 6.10 Å². The first-order valence-electron chi connectivity index (χ1n) is 2.56. The number of alkyl halides is 1. The second-order valence-electron chi connectivity index (χ2n) is 1.63. The summed E-state index contributed by atoms with van der Waals surface area (Å²) in [6, 6.07) is 0.